The number of fused-ring (bicyclic) bond motifs is 3. The summed E-state index contributed by atoms with van der Waals surface area (Å²) in [6, 6.07) is 2.11. The molecule has 2 unspecified atom stereocenters. The Kier molecular flexibility index (Phi) is 4.65. The van der Waals surface area contributed by atoms with E-state index in [2.05, 4.69) is 23.6 Å². The standard InChI is InChI=1S/C21H30N2O4/c1-8-12-13-9-11(2)16-15(21(6,7)18(24)23-16)17(13)26-14(12)10-22-19(25)27-20(3,4)5/h9,12,14H,8,10H2,1-7H3,(H,22,25)(H,23,24). The average Bonchev–Trinajstić information content (AvgIpc) is 2.99. The second-order valence-electron chi connectivity index (χ2n) is 8.99. The molecule has 0 saturated carbocycles. The Morgan fingerprint density at radius 3 is 2.63 bits per heavy atom. The van der Waals surface area contributed by atoms with Crippen molar-refractivity contribution in [2.24, 2.45) is 0 Å². The summed E-state index contributed by atoms with van der Waals surface area (Å²) in [6.45, 7) is 13.8. The highest BCUT2D eigenvalue weighted by Gasteiger charge is 2.46. The van der Waals surface area contributed by atoms with E-state index in [1.165, 1.54) is 0 Å². The van der Waals surface area contributed by atoms with Crippen LogP contribution in [0.3, 0.4) is 0 Å². The smallest absolute Gasteiger partial charge is 0.407 e. The van der Waals surface area contributed by atoms with Crippen LogP contribution in [0.25, 0.3) is 0 Å². The molecule has 27 heavy (non-hydrogen) atoms. The van der Waals surface area contributed by atoms with Crippen molar-refractivity contribution in [2.75, 3.05) is 11.9 Å². The van der Waals surface area contributed by atoms with Gasteiger partial charge in [-0.05, 0) is 59.6 Å². The Bertz CT molecular complexity index is 792. The molecule has 0 spiro atoms. The first-order chi connectivity index (χ1) is 12.5. The molecule has 6 heteroatoms. The van der Waals surface area contributed by atoms with Gasteiger partial charge in [-0.25, -0.2) is 4.79 Å². The molecule has 2 aliphatic rings. The molecule has 2 amide bonds. The van der Waals surface area contributed by atoms with Gasteiger partial charge in [-0.15, -0.1) is 0 Å². The zero-order chi connectivity index (χ0) is 20.1. The van der Waals surface area contributed by atoms with Crippen LogP contribution in [0, 0.1) is 6.92 Å². The fraction of sp³-hybridized carbons (Fsp3) is 0.619. The van der Waals surface area contributed by atoms with Gasteiger partial charge in [0.15, 0.2) is 0 Å². The first kappa shape index (κ1) is 19.5. The van der Waals surface area contributed by atoms with Crippen molar-refractivity contribution >= 4 is 17.7 Å². The van der Waals surface area contributed by atoms with Crippen LogP contribution < -0.4 is 15.4 Å². The van der Waals surface area contributed by atoms with E-state index >= 15 is 0 Å². The van der Waals surface area contributed by atoms with E-state index in [1.54, 1.807) is 0 Å². The van der Waals surface area contributed by atoms with Gasteiger partial charge in [0.2, 0.25) is 5.91 Å². The van der Waals surface area contributed by atoms with Gasteiger partial charge in [-0.1, -0.05) is 6.92 Å². The number of benzene rings is 1. The lowest BCUT2D eigenvalue weighted by atomic mass is 9.81. The first-order valence-corrected chi connectivity index (χ1v) is 9.58. The molecule has 6 nitrogen and oxygen atoms in total. The molecule has 0 aromatic heterocycles. The van der Waals surface area contributed by atoms with Gasteiger partial charge in [0.05, 0.1) is 17.6 Å². The van der Waals surface area contributed by atoms with Gasteiger partial charge in [0, 0.05) is 17.0 Å². The number of aryl methyl sites for hydroxylation is 1. The summed E-state index contributed by atoms with van der Waals surface area (Å²) in [6.07, 6.45) is 0.249. The summed E-state index contributed by atoms with van der Waals surface area (Å²) in [5.74, 6) is 0.938. The predicted molar refractivity (Wildman–Crippen MR) is 105 cm³/mol. The second kappa shape index (κ2) is 6.43. The Hall–Kier alpha value is -2.24. The number of ether oxygens (including phenoxy) is 2. The zero-order valence-corrected chi connectivity index (χ0v) is 17.3. The van der Waals surface area contributed by atoms with Gasteiger partial charge in [-0.2, -0.15) is 0 Å². The lowest BCUT2D eigenvalue weighted by Gasteiger charge is -2.22. The molecule has 2 N–H and O–H groups in total. The Labute approximate surface area is 161 Å². The Morgan fingerprint density at radius 2 is 2.04 bits per heavy atom. The summed E-state index contributed by atoms with van der Waals surface area (Å²) in [5.41, 5.74) is 2.78. The van der Waals surface area contributed by atoms with E-state index < -0.39 is 17.1 Å². The normalized spacial score (nSPS) is 22.6. The highest BCUT2D eigenvalue weighted by atomic mass is 16.6. The van der Waals surface area contributed by atoms with E-state index in [4.69, 9.17) is 9.47 Å². The molecule has 0 saturated heterocycles. The summed E-state index contributed by atoms with van der Waals surface area (Å²) in [7, 11) is 0. The van der Waals surface area contributed by atoms with E-state index in [0.29, 0.717) is 6.54 Å². The van der Waals surface area contributed by atoms with Crippen LogP contribution in [0.15, 0.2) is 6.07 Å². The topological polar surface area (TPSA) is 76.7 Å². The number of amides is 2. The number of anilines is 1. The van der Waals surface area contributed by atoms with E-state index in [1.807, 2.05) is 41.5 Å². The van der Waals surface area contributed by atoms with E-state index in [9.17, 15) is 9.59 Å². The molecule has 0 bridgehead atoms. The maximum absolute atomic E-state index is 12.4. The molecule has 3 rings (SSSR count). The molecule has 0 fully saturated rings. The lowest BCUT2D eigenvalue weighted by Crippen LogP contribution is -2.39. The maximum atomic E-state index is 12.4. The molecule has 148 valence electrons. The molecule has 1 aromatic rings. The molecule has 0 radical (unpaired) electrons. The third-order valence-electron chi connectivity index (χ3n) is 5.34. The van der Waals surface area contributed by atoms with Crippen molar-refractivity contribution in [3.63, 3.8) is 0 Å². The van der Waals surface area contributed by atoms with Crippen molar-refractivity contribution in [1.29, 1.82) is 0 Å². The SMILES string of the molecule is CCC1c2cc(C)c3c(c2OC1CNC(=O)OC(C)(C)C)C(C)(C)C(=O)N3. The van der Waals surface area contributed by atoms with Gasteiger partial charge >= 0.3 is 6.09 Å². The predicted octanol–water partition coefficient (Wildman–Crippen LogP) is 4.00. The van der Waals surface area contributed by atoms with Crippen LogP contribution in [0.2, 0.25) is 0 Å². The monoisotopic (exact) mass is 374 g/mol. The van der Waals surface area contributed by atoms with Crippen molar-refractivity contribution in [3.8, 4) is 5.75 Å². The summed E-state index contributed by atoms with van der Waals surface area (Å²) in [5, 5.41) is 5.82. The lowest BCUT2D eigenvalue weighted by molar-refractivity contribution is -0.119. The Morgan fingerprint density at radius 1 is 1.37 bits per heavy atom. The van der Waals surface area contributed by atoms with E-state index in [0.717, 1.165) is 34.5 Å². The fourth-order valence-corrected chi connectivity index (χ4v) is 3.97. The highest BCUT2D eigenvalue weighted by Crippen LogP contribution is 2.52. The summed E-state index contributed by atoms with van der Waals surface area (Å²) >= 11 is 0. The van der Waals surface area contributed by atoms with Crippen molar-refractivity contribution in [1.82, 2.24) is 5.32 Å². The minimum absolute atomic E-state index is 0.0130. The zero-order valence-electron chi connectivity index (χ0n) is 17.3. The summed E-state index contributed by atoms with van der Waals surface area (Å²) < 4.78 is 11.6. The minimum atomic E-state index is -0.642. The quantitative estimate of drug-likeness (QED) is 0.838. The van der Waals surface area contributed by atoms with Crippen LogP contribution in [0.1, 0.15) is 70.6 Å². The number of hydrogen-bond acceptors (Lipinski definition) is 4. The average molecular weight is 374 g/mol. The molecule has 2 heterocycles. The Balaban J connectivity index is 1.87. The molecule has 2 aliphatic heterocycles. The minimum Gasteiger partial charge on any atom is -0.487 e. The van der Waals surface area contributed by atoms with Crippen molar-refractivity contribution in [2.45, 2.75) is 77.9 Å². The number of carbonyl (C=O) groups is 2. The van der Waals surface area contributed by atoms with Crippen molar-refractivity contribution in [3.05, 3.63) is 22.8 Å². The molecular weight excluding hydrogens is 344 g/mol. The van der Waals surface area contributed by atoms with Gasteiger partial charge in [0.25, 0.3) is 0 Å². The van der Waals surface area contributed by atoms with Gasteiger partial charge < -0.3 is 20.1 Å². The molecule has 2 atom stereocenters. The number of nitrogens with one attached hydrogen (secondary N) is 2. The van der Waals surface area contributed by atoms with Gasteiger partial charge in [-0.3, -0.25) is 4.79 Å². The second-order valence-corrected chi connectivity index (χ2v) is 8.99. The number of rotatable bonds is 3. The third kappa shape index (κ3) is 3.37. The maximum Gasteiger partial charge on any atom is 0.407 e. The number of carbonyl (C=O) groups excluding carboxylic acids is 2. The molecule has 1 aromatic carbocycles. The summed E-state index contributed by atoms with van der Waals surface area (Å²) in [4.78, 5) is 24.5. The number of hydrogen-bond donors (Lipinski definition) is 2. The van der Waals surface area contributed by atoms with Crippen LogP contribution in [-0.4, -0.2) is 30.3 Å². The van der Waals surface area contributed by atoms with Crippen molar-refractivity contribution < 1.29 is 19.1 Å². The fourth-order valence-electron chi connectivity index (χ4n) is 3.97. The molecule has 0 aliphatic carbocycles. The van der Waals surface area contributed by atoms with Crippen LogP contribution >= 0.6 is 0 Å². The highest BCUT2D eigenvalue weighted by molar-refractivity contribution is 6.07. The van der Waals surface area contributed by atoms with Gasteiger partial charge in [0.1, 0.15) is 17.5 Å². The van der Waals surface area contributed by atoms with E-state index in [-0.39, 0.29) is 17.9 Å². The van der Waals surface area contributed by atoms with Crippen LogP contribution in [0.4, 0.5) is 10.5 Å². The van der Waals surface area contributed by atoms with Crippen LogP contribution in [-0.2, 0) is 14.9 Å². The largest absolute Gasteiger partial charge is 0.487 e. The van der Waals surface area contributed by atoms with Crippen LogP contribution in [0.5, 0.6) is 5.75 Å². The molecular formula is C21H30N2O4. The number of alkyl carbamates (subject to hydrolysis) is 1. The first-order valence-electron chi connectivity index (χ1n) is 9.58. The third-order valence-corrected chi connectivity index (χ3v) is 5.34.